The Morgan fingerprint density at radius 2 is 1.97 bits per heavy atom. The molecule has 1 aromatic heterocycles. The number of aliphatic imine (C=N–C) groups is 1. The minimum atomic E-state index is -4.57. The van der Waals surface area contributed by atoms with E-state index >= 15 is 4.39 Å². The van der Waals surface area contributed by atoms with Crippen LogP contribution in [-0.2, 0) is 10.3 Å². The normalized spacial score (nSPS) is 25.1. The Morgan fingerprint density at radius 1 is 1.28 bits per heavy atom. The number of anilines is 1. The Balaban J connectivity index is 1.83. The quantitative estimate of drug-likeness (QED) is 0.508. The minimum absolute atomic E-state index is 0.170. The molecule has 1 aromatic carbocycles. The number of ether oxygens (including phenoxy) is 2. The maximum Gasteiger partial charge on any atom is 0.425 e. The Kier molecular flexibility index (Phi) is 7.84. The van der Waals surface area contributed by atoms with Crippen molar-refractivity contribution >= 4 is 28.5 Å². The van der Waals surface area contributed by atoms with Crippen molar-refractivity contribution in [1.29, 1.82) is 0 Å². The second kappa shape index (κ2) is 10.2. The number of nitrogens with zero attached hydrogens (tertiary/aromatic N) is 3. The summed E-state index contributed by atoms with van der Waals surface area (Å²) in [7, 11) is 1.58. The van der Waals surface area contributed by atoms with Gasteiger partial charge in [0.2, 0.25) is 5.88 Å². The van der Waals surface area contributed by atoms with Crippen LogP contribution in [0.15, 0.2) is 35.6 Å². The lowest BCUT2D eigenvalue weighted by Crippen LogP contribution is -2.50. The van der Waals surface area contributed by atoms with Gasteiger partial charge in [0.15, 0.2) is 11.3 Å². The van der Waals surface area contributed by atoms with Crippen LogP contribution in [0.25, 0.3) is 0 Å². The predicted octanol–water partition coefficient (Wildman–Crippen LogP) is 4.52. The molecule has 3 N–H and O–H groups in total. The van der Waals surface area contributed by atoms with Crippen molar-refractivity contribution in [3.8, 4) is 5.88 Å². The first-order valence-electron chi connectivity index (χ1n) is 10.9. The third kappa shape index (κ3) is 5.72. The van der Waals surface area contributed by atoms with E-state index in [0.717, 1.165) is 19.3 Å². The highest BCUT2D eigenvalue weighted by Crippen LogP contribution is 2.50. The van der Waals surface area contributed by atoms with E-state index in [4.69, 9.17) is 10.5 Å². The molecule has 36 heavy (non-hydrogen) atoms. The Labute approximate surface area is 210 Å². The number of halogens is 4. The lowest BCUT2D eigenvalue weighted by Gasteiger charge is -2.47. The van der Waals surface area contributed by atoms with Crippen LogP contribution in [0.3, 0.4) is 0 Å². The van der Waals surface area contributed by atoms with E-state index in [0.29, 0.717) is 11.8 Å². The summed E-state index contributed by atoms with van der Waals surface area (Å²) in [6.07, 6.45) is -4.75. The SMILES string of the molecule is COC[C@@]1(C)SC(N)=N[C@](C)(c2cc(NC(=O)c3cnc(O[C@@H](C)C(F)(F)F)cn3)ccc2F)[C@@H]1C. The Hall–Kier alpha value is -2.93. The maximum absolute atomic E-state index is 15.1. The number of alkyl halides is 3. The molecule has 1 amide bonds. The molecule has 0 fully saturated rings. The number of carbonyl (C=O) groups excluding carboxylic acids is 1. The van der Waals surface area contributed by atoms with Gasteiger partial charge in [-0.15, -0.1) is 0 Å². The van der Waals surface area contributed by atoms with Crippen LogP contribution in [0.4, 0.5) is 23.2 Å². The minimum Gasteiger partial charge on any atom is -0.464 e. The van der Waals surface area contributed by atoms with Crippen molar-refractivity contribution in [3.05, 3.63) is 47.7 Å². The number of thioether (sulfide) groups is 1. The molecule has 0 spiro atoms. The lowest BCUT2D eigenvalue weighted by molar-refractivity contribution is -0.190. The van der Waals surface area contributed by atoms with Gasteiger partial charge in [0.25, 0.3) is 5.91 Å². The summed E-state index contributed by atoms with van der Waals surface area (Å²) in [6, 6.07) is 4.06. The van der Waals surface area contributed by atoms with Crippen molar-refractivity contribution in [2.24, 2.45) is 16.6 Å². The zero-order valence-electron chi connectivity index (χ0n) is 20.3. The van der Waals surface area contributed by atoms with E-state index in [1.165, 1.54) is 30.0 Å². The number of nitrogens with one attached hydrogen (secondary N) is 1. The number of hydrogen-bond acceptors (Lipinski definition) is 8. The number of hydrogen-bond donors (Lipinski definition) is 2. The Bertz CT molecular complexity index is 1150. The number of nitrogens with two attached hydrogens (primary N) is 1. The summed E-state index contributed by atoms with van der Waals surface area (Å²) in [6.45, 7) is 6.87. The molecule has 8 nitrogen and oxygen atoms in total. The van der Waals surface area contributed by atoms with E-state index in [1.807, 2.05) is 13.8 Å². The van der Waals surface area contributed by atoms with Crippen molar-refractivity contribution in [1.82, 2.24) is 9.97 Å². The molecular formula is C23H27F4N5O3S. The van der Waals surface area contributed by atoms with Crippen LogP contribution in [-0.4, -0.2) is 51.8 Å². The third-order valence-corrected chi connectivity index (χ3v) is 7.50. The van der Waals surface area contributed by atoms with Crippen LogP contribution in [0.2, 0.25) is 0 Å². The van der Waals surface area contributed by atoms with Gasteiger partial charge < -0.3 is 20.5 Å². The van der Waals surface area contributed by atoms with Crippen LogP contribution in [0.5, 0.6) is 5.88 Å². The fraction of sp³-hybridized carbons (Fsp3) is 0.478. The highest BCUT2D eigenvalue weighted by Gasteiger charge is 2.50. The lowest BCUT2D eigenvalue weighted by atomic mass is 9.74. The van der Waals surface area contributed by atoms with Crippen LogP contribution < -0.4 is 15.8 Å². The molecule has 4 atom stereocenters. The fourth-order valence-electron chi connectivity index (χ4n) is 3.93. The van der Waals surface area contributed by atoms with E-state index in [2.05, 4.69) is 25.0 Å². The van der Waals surface area contributed by atoms with Crippen molar-refractivity contribution in [2.75, 3.05) is 19.0 Å². The number of methoxy groups -OCH3 is 1. The van der Waals surface area contributed by atoms with Gasteiger partial charge >= 0.3 is 6.18 Å². The number of benzene rings is 1. The molecule has 13 heteroatoms. The number of carbonyl (C=O) groups is 1. The number of aromatic nitrogens is 2. The summed E-state index contributed by atoms with van der Waals surface area (Å²) >= 11 is 1.36. The van der Waals surface area contributed by atoms with Gasteiger partial charge in [-0.25, -0.2) is 14.4 Å². The molecule has 1 aliphatic rings. The van der Waals surface area contributed by atoms with Crippen molar-refractivity contribution in [2.45, 2.75) is 50.3 Å². The largest absolute Gasteiger partial charge is 0.464 e. The molecule has 3 rings (SSSR count). The second-order valence-corrected chi connectivity index (χ2v) is 10.4. The van der Waals surface area contributed by atoms with Gasteiger partial charge in [-0.2, -0.15) is 13.2 Å². The molecule has 196 valence electrons. The maximum atomic E-state index is 15.1. The van der Waals surface area contributed by atoms with E-state index in [1.54, 1.807) is 14.0 Å². The monoisotopic (exact) mass is 529 g/mol. The standard InChI is InChI=1S/C23H27F4N5O3S/c1-12-21(3,11-34-5)36-20(28)32-22(12,4)15-8-14(6-7-16(15)24)31-19(33)17-9-30-18(10-29-17)35-13(2)23(25,26)27/h6-10,12-13H,11H2,1-5H3,(H2,28,32)(H,31,33)/t12-,13+,21-,22+/m1/s1. The smallest absolute Gasteiger partial charge is 0.425 e. The van der Waals surface area contributed by atoms with Gasteiger partial charge in [0.1, 0.15) is 11.5 Å². The highest BCUT2D eigenvalue weighted by molar-refractivity contribution is 8.15. The van der Waals surface area contributed by atoms with E-state index < -0.39 is 34.3 Å². The first kappa shape index (κ1) is 27.7. The van der Waals surface area contributed by atoms with Crippen LogP contribution in [0.1, 0.15) is 43.7 Å². The van der Waals surface area contributed by atoms with Crippen molar-refractivity contribution in [3.63, 3.8) is 0 Å². The number of rotatable bonds is 7. The molecule has 0 saturated carbocycles. The van der Waals surface area contributed by atoms with Gasteiger partial charge in [0, 0.05) is 29.0 Å². The first-order chi connectivity index (χ1) is 16.7. The molecule has 0 bridgehead atoms. The molecule has 2 aromatic rings. The van der Waals surface area contributed by atoms with Crippen LogP contribution >= 0.6 is 11.8 Å². The molecule has 2 heterocycles. The topological polar surface area (TPSA) is 112 Å². The summed E-state index contributed by atoms with van der Waals surface area (Å²) < 4.78 is 62.6. The average Bonchev–Trinajstić information content (AvgIpc) is 2.78. The molecule has 1 aliphatic heterocycles. The molecule has 0 saturated heterocycles. The zero-order valence-corrected chi connectivity index (χ0v) is 21.1. The summed E-state index contributed by atoms with van der Waals surface area (Å²) in [5.74, 6) is -1.81. The fourth-order valence-corrected chi connectivity index (χ4v) is 5.23. The van der Waals surface area contributed by atoms with Gasteiger partial charge in [-0.1, -0.05) is 18.7 Å². The van der Waals surface area contributed by atoms with E-state index in [-0.39, 0.29) is 28.7 Å². The second-order valence-electron chi connectivity index (χ2n) is 8.86. The average molecular weight is 530 g/mol. The molecule has 0 unspecified atom stereocenters. The molecule has 0 radical (unpaired) electrons. The molecule has 0 aliphatic carbocycles. The van der Waals surface area contributed by atoms with Crippen molar-refractivity contribution < 1.29 is 31.8 Å². The predicted molar refractivity (Wildman–Crippen MR) is 129 cm³/mol. The van der Waals surface area contributed by atoms with Gasteiger partial charge in [0.05, 0.1) is 24.5 Å². The van der Waals surface area contributed by atoms with Gasteiger partial charge in [-0.3, -0.25) is 9.79 Å². The first-order valence-corrected chi connectivity index (χ1v) is 11.7. The third-order valence-electron chi connectivity index (χ3n) is 6.26. The number of amidine groups is 1. The molecular weight excluding hydrogens is 502 g/mol. The Morgan fingerprint density at radius 3 is 2.56 bits per heavy atom. The summed E-state index contributed by atoms with van der Waals surface area (Å²) in [5, 5.41) is 2.89. The summed E-state index contributed by atoms with van der Waals surface area (Å²) in [4.78, 5) is 24.8. The van der Waals surface area contributed by atoms with Crippen LogP contribution in [0, 0.1) is 11.7 Å². The van der Waals surface area contributed by atoms with Gasteiger partial charge in [-0.05, 0) is 39.0 Å². The number of amides is 1. The highest BCUT2D eigenvalue weighted by atomic mass is 32.2. The zero-order chi connectivity index (χ0) is 26.9. The summed E-state index contributed by atoms with van der Waals surface area (Å²) in [5.41, 5.74) is 5.37. The van der Waals surface area contributed by atoms with E-state index in [9.17, 15) is 18.0 Å².